The van der Waals surface area contributed by atoms with Crippen molar-refractivity contribution in [3.05, 3.63) is 59.1 Å². The Morgan fingerprint density at radius 3 is 2.41 bits per heavy atom. The molecule has 0 saturated carbocycles. The van der Waals surface area contributed by atoms with Crippen molar-refractivity contribution in [1.29, 1.82) is 0 Å². The summed E-state index contributed by atoms with van der Waals surface area (Å²) in [7, 11) is -3.64. The van der Waals surface area contributed by atoms with Gasteiger partial charge in [0.2, 0.25) is 10.0 Å². The van der Waals surface area contributed by atoms with E-state index in [1.54, 1.807) is 38.1 Å². The summed E-state index contributed by atoms with van der Waals surface area (Å²) in [6, 6.07) is 12.8. The molecule has 0 N–H and O–H groups in total. The van der Waals surface area contributed by atoms with E-state index in [0.29, 0.717) is 23.9 Å². The molecule has 0 heterocycles. The van der Waals surface area contributed by atoms with Crippen LogP contribution in [0.4, 0.5) is 0 Å². The lowest BCUT2D eigenvalue weighted by Crippen LogP contribution is -2.30. The minimum atomic E-state index is -3.64. The van der Waals surface area contributed by atoms with Gasteiger partial charge < -0.3 is 9.47 Å². The van der Waals surface area contributed by atoms with E-state index in [-0.39, 0.29) is 23.7 Å². The van der Waals surface area contributed by atoms with Crippen LogP contribution >= 0.6 is 11.6 Å². The molecule has 6 nitrogen and oxygen atoms in total. The maximum absolute atomic E-state index is 12.6. The van der Waals surface area contributed by atoms with Gasteiger partial charge in [0.15, 0.2) is 0 Å². The first-order chi connectivity index (χ1) is 12.9. The summed E-state index contributed by atoms with van der Waals surface area (Å²) in [4.78, 5) is 12.3. The molecule has 0 aromatic heterocycles. The highest BCUT2D eigenvalue weighted by molar-refractivity contribution is 7.89. The van der Waals surface area contributed by atoms with Crippen molar-refractivity contribution in [2.45, 2.75) is 18.7 Å². The van der Waals surface area contributed by atoms with E-state index in [0.717, 1.165) is 0 Å². The predicted molar refractivity (Wildman–Crippen MR) is 104 cm³/mol. The Morgan fingerprint density at radius 2 is 1.74 bits per heavy atom. The molecule has 8 heteroatoms. The Balaban J connectivity index is 1.98. The van der Waals surface area contributed by atoms with Crippen molar-refractivity contribution >= 4 is 27.6 Å². The summed E-state index contributed by atoms with van der Waals surface area (Å²) in [5, 5.41) is 0.470. The molecule has 2 aromatic rings. The number of nitrogens with zero attached hydrogens (tertiary/aromatic N) is 1. The second-order valence-electron chi connectivity index (χ2n) is 5.53. The third kappa shape index (κ3) is 5.45. The van der Waals surface area contributed by atoms with Gasteiger partial charge in [-0.2, -0.15) is 4.31 Å². The number of hydrogen-bond acceptors (Lipinski definition) is 5. The monoisotopic (exact) mass is 411 g/mol. The molecule has 0 bridgehead atoms. The molecule has 0 unspecified atom stereocenters. The quantitative estimate of drug-likeness (QED) is 0.465. The Labute approximate surface area is 164 Å². The fraction of sp³-hybridized carbons (Fsp3) is 0.316. The summed E-state index contributed by atoms with van der Waals surface area (Å²) in [6.45, 7) is 4.38. The van der Waals surface area contributed by atoms with E-state index < -0.39 is 16.0 Å². The molecular formula is C19H22ClNO5S. The molecule has 0 saturated heterocycles. The van der Waals surface area contributed by atoms with E-state index >= 15 is 0 Å². The third-order valence-corrected chi connectivity index (χ3v) is 6.18. The lowest BCUT2D eigenvalue weighted by atomic mass is 10.2. The van der Waals surface area contributed by atoms with Crippen LogP contribution < -0.4 is 4.74 Å². The number of carbonyl (C=O) groups is 1. The van der Waals surface area contributed by atoms with Crippen LogP contribution in [0.15, 0.2) is 53.4 Å². The number of carbonyl (C=O) groups excluding carboxylic acids is 1. The topological polar surface area (TPSA) is 72.9 Å². The maximum atomic E-state index is 12.6. The van der Waals surface area contributed by atoms with Crippen LogP contribution in [-0.2, 0) is 14.8 Å². The number of halogens is 1. The van der Waals surface area contributed by atoms with E-state index in [9.17, 15) is 13.2 Å². The smallest absolute Gasteiger partial charge is 0.338 e. The van der Waals surface area contributed by atoms with Gasteiger partial charge in [-0.25, -0.2) is 13.2 Å². The van der Waals surface area contributed by atoms with Gasteiger partial charge in [0, 0.05) is 13.1 Å². The highest BCUT2D eigenvalue weighted by Gasteiger charge is 2.22. The van der Waals surface area contributed by atoms with Crippen LogP contribution in [-0.4, -0.2) is 45.0 Å². The molecule has 0 aliphatic rings. The van der Waals surface area contributed by atoms with Crippen LogP contribution in [0.2, 0.25) is 5.02 Å². The summed E-state index contributed by atoms with van der Waals surface area (Å²) in [5.74, 6) is -0.114. The second kappa shape index (κ2) is 9.73. The third-order valence-electron chi connectivity index (χ3n) is 3.82. The van der Waals surface area contributed by atoms with Gasteiger partial charge >= 0.3 is 5.97 Å². The number of ether oxygens (including phenoxy) is 2. The van der Waals surface area contributed by atoms with Gasteiger partial charge in [-0.1, -0.05) is 43.6 Å². The number of sulfonamides is 1. The second-order valence-corrected chi connectivity index (χ2v) is 7.88. The Morgan fingerprint density at radius 1 is 1.04 bits per heavy atom. The number of rotatable bonds is 9. The van der Waals surface area contributed by atoms with Crippen molar-refractivity contribution in [2.24, 2.45) is 0 Å². The Bertz CT molecular complexity index is 881. The molecule has 0 fully saturated rings. The fourth-order valence-electron chi connectivity index (χ4n) is 2.43. The highest BCUT2D eigenvalue weighted by Crippen LogP contribution is 2.23. The summed E-state index contributed by atoms with van der Waals surface area (Å²) >= 11 is 5.98. The molecule has 2 aromatic carbocycles. The van der Waals surface area contributed by atoms with Crippen molar-refractivity contribution in [1.82, 2.24) is 4.31 Å². The van der Waals surface area contributed by atoms with Crippen molar-refractivity contribution in [3.63, 3.8) is 0 Å². The number of benzene rings is 2. The van der Waals surface area contributed by atoms with Crippen LogP contribution in [0.5, 0.6) is 5.75 Å². The van der Waals surface area contributed by atoms with E-state index in [1.807, 2.05) is 0 Å². The number of hydrogen-bond donors (Lipinski definition) is 0. The zero-order chi connectivity index (χ0) is 19.9. The molecule has 146 valence electrons. The minimum absolute atomic E-state index is 0.0110. The van der Waals surface area contributed by atoms with Gasteiger partial charge in [0.25, 0.3) is 0 Å². The number of para-hydroxylation sites is 1. The lowest BCUT2D eigenvalue weighted by molar-refractivity contribution is 0.0450. The van der Waals surface area contributed by atoms with Gasteiger partial charge in [-0.05, 0) is 30.3 Å². The van der Waals surface area contributed by atoms with Gasteiger partial charge in [-0.3, -0.25) is 0 Å². The first-order valence-electron chi connectivity index (χ1n) is 8.54. The first-order valence-corrected chi connectivity index (χ1v) is 10.4. The predicted octanol–water partition coefficient (Wildman–Crippen LogP) is 3.61. The van der Waals surface area contributed by atoms with Gasteiger partial charge in [-0.15, -0.1) is 0 Å². The van der Waals surface area contributed by atoms with E-state index in [4.69, 9.17) is 21.1 Å². The summed E-state index contributed by atoms with van der Waals surface area (Å²) in [5.41, 5.74) is 0.168. The van der Waals surface area contributed by atoms with Crippen molar-refractivity contribution < 1.29 is 22.7 Å². The summed E-state index contributed by atoms with van der Waals surface area (Å²) in [6.07, 6.45) is 0. The molecule has 2 rings (SSSR count). The van der Waals surface area contributed by atoms with Gasteiger partial charge in [0.05, 0.1) is 15.5 Å². The van der Waals surface area contributed by atoms with Crippen molar-refractivity contribution in [2.75, 3.05) is 26.3 Å². The van der Waals surface area contributed by atoms with Crippen LogP contribution in [0.25, 0.3) is 0 Å². The van der Waals surface area contributed by atoms with Crippen LogP contribution in [0.3, 0.4) is 0 Å². The molecule has 0 amide bonds. The highest BCUT2D eigenvalue weighted by atomic mass is 35.5. The van der Waals surface area contributed by atoms with Crippen LogP contribution in [0, 0.1) is 0 Å². The maximum Gasteiger partial charge on any atom is 0.338 e. The molecular weight excluding hydrogens is 390 g/mol. The van der Waals surface area contributed by atoms with Crippen molar-refractivity contribution in [3.8, 4) is 5.75 Å². The molecule has 0 atom stereocenters. The zero-order valence-electron chi connectivity index (χ0n) is 15.2. The average molecular weight is 412 g/mol. The normalized spacial score (nSPS) is 11.4. The Hall–Kier alpha value is -2.09. The SMILES string of the molecule is CCN(CC)S(=O)(=O)c1cccc(C(=O)OCCOc2ccccc2Cl)c1. The van der Waals surface area contributed by atoms with Crippen LogP contribution in [0.1, 0.15) is 24.2 Å². The van der Waals surface area contributed by atoms with Gasteiger partial charge in [0.1, 0.15) is 19.0 Å². The molecule has 0 spiro atoms. The minimum Gasteiger partial charge on any atom is -0.488 e. The van der Waals surface area contributed by atoms with E-state index in [2.05, 4.69) is 0 Å². The molecule has 27 heavy (non-hydrogen) atoms. The molecule has 0 radical (unpaired) electrons. The fourth-order valence-corrected chi connectivity index (χ4v) is 4.12. The largest absolute Gasteiger partial charge is 0.488 e. The number of esters is 1. The van der Waals surface area contributed by atoms with E-state index in [1.165, 1.54) is 28.6 Å². The Kier molecular flexibility index (Phi) is 7.65. The lowest BCUT2D eigenvalue weighted by Gasteiger charge is -2.18. The average Bonchev–Trinajstić information content (AvgIpc) is 2.67. The molecule has 0 aliphatic heterocycles. The zero-order valence-corrected chi connectivity index (χ0v) is 16.8. The first kappa shape index (κ1) is 21.2. The molecule has 0 aliphatic carbocycles. The standard InChI is InChI=1S/C19H22ClNO5S/c1-3-21(4-2)27(23,24)16-9-7-8-15(14-16)19(22)26-13-12-25-18-11-6-5-10-17(18)20/h5-11,14H,3-4,12-13H2,1-2H3. The summed E-state index contributed by atoms with van der Waals surface area (Å²) < 4.78 is 37.1.